The Morgan fingerprint density at radius 1 is 1.56 bits per heavy atom. The Kier molecular flexibility index (Phi) is 3.91. The predicted molar refractivity (Wildman–Crippen MR) is 63.5 cm³/mol. The zero-order valence-corrected chi connectivity index (χ0v) is 10.4. The lowest BCUT2D eigenvalue weighted by Crippen LogP contribution is -2.45. The van der Waals surface area contributed by atoms with Gasteiger partial charge in [0.15, 0.2) is 0 Å². The molecule has 1 N–H and O–H groups in total. The molecule has 0 amide bonds. The molecule has 1 saturated heterocycles. The van der Waals surface area contributed by atoms with Gasteiger partial charge in [0.25, 0.3) is 0 Å². The molecule has 0 bridgehead atoms. The summed E-state index contributed by atoms with van der Waals surface area (Å²) in [6.07, 6.45) is 3.36. The van der Waals surface area contributed by atoms with E-state index in [0.29, 0.717) is 19.8 Å². The molecule has 1 aromatic heterocycles. The largest absolute Gasteiger partial charge is 0.388 e. The maximum absolute atomic E-state index is 10.3. The summed E-state index contributed by atoms with van der Waals surface area (Å²) in [4.78, 5) is 7.43. The lowest BCUT2D eigenvalue weighted by atomic mass is 9.94. The van der Waals surface area contributed by atoms with Crippen LogP contribution in [0.25, 0.3) is 0 Å². The Morgan fingerprint density at radius 2 is 2.31 bits per heavy atom. The van der Waals surface area contributed by atoms with Gasteiger partial charge in [-0.3, -0.25) is 9.88 Å². The number of thiazole rings is 1. The van der Waals surface area contributed by atoms with Crippen molar-refractivity contribution in [2.75, 3.05) is 26.8 Å². The third-order valence-electron chi connectivity index (χ3n) is 2.90. The summed E-state index contributed by atoms with van der Waals surface area (Å²) < 4.78 is 5.27. The third-order valence-corrected chi connectivity index (χ3v) is 3.66. The Balaban J connectivity index is 1.84. The van der Waals surface area contributed by atoms with Crippen LogP contribution in [0.4, 0.5) is 0 Å². The fourth-order valence-electron chi connectivity index (χ4n) is 2.05. The summed E-state index contributed by atoms with van der Waals surface area (Å²) in [5.41, 5.74) is 1.27. The summed E-state index contributed by atoms with van der Waals surface area (Å²) in [5, 5.41) is 10.3. The van der Waals surface area contributed by atoms with Crippen LogP contribution in [-0.2, 0) is 11.3 Å². The number of likely N-dealkylation sites (N-methyl/N-ethyl adjacent to an activating group) is 1. The predicted octanol–water partition coefficient (Wildman–Crippen LogP) is 1.12. The average Bonchev–Trinajstić information content (AvgIpc) is 2.70. The molecule has 1 fully saturated rings. The van der Waals surface area contributed by atoms with E-state index in [1.165, 1.54) is 4.88 Å². The molecule has 4 nitrogen and oxygen atoms in total. The van der Waals surface area contributed by atoms with Gasteiger partial charge in [-0.05, 0) is 7.05 Å². The SMILES string of the molecule is CN(Cc1cncs1)CC1(O)CCOCC1. The molecule has 16 heavy (non-hydrogen) atoms. The number of hydrogen-bond acceptors (Lipinski definition) is 5. The minimum atomic E-state index is -0.572. The zero-order chi connectivity index (χ0) is 11.4. The molecule has 0 spiro atoms. The summed E-state index contributed by atoms with van der Waals surface area (Å²) in [6, 6.07) is 0. The van der Waals surface area contributed by atoms with Gasteiger partial charge in [-0.1, -0.05) is 0 Å². The number of rotatable bonds is 4. The van der Waals surface area contributed by atoms with Gasteiger partial charge < -0.3 is 9.84 Å². The normalized spacial score (nSPS) is 20.2. The van der Waals surface area contributed by atoms with Gasteiger partial charge in [0.2, 0.25) is 0 Å². The Bertz CT molecular complexity index is 310. The molecule has 0 aliphatic carbocycles. The van der Waals surface area contributed by atoms with Crippen LogP contribution in [0.15, 0.2) is 11.7 Å². The van der Waals surface area contributed by atoms with Crippen LogP contribution in [0.3, 0.4) is 0 Å². The first-order chi connectivity index (χ1) is 7.68. The van der Waals surface area contributed by atoms with Gasteiger partial charge in [-0.25, -0.2) is 0 Å². The average molecular weight is 242 g/mol. The fraction of sp³-hybridized carbons (Fsp3) is 0.727. The van der Waals surface area contributed by atoms with Gasteiger partial charge in [-0.2, -0.15) is 0 Å². The highest BCUT2D eigenvalue weighted by atomic mass is 32.1. The summed E-state index contributed by atoms with van der Waals surface area (Å²) >= 11 is 1.65. The van der Waals surface area contributed by atoms with Crippen molar-refractivity contribution in [1.82, 2.24) is 9.88 Å². The van der Waals surface area contributed by atoms with E-state index in [0.717, 1.165) is 19.4 Å². The maximum Gasteiger partial charge on any atom is 0.0817 e. The smallest absolute Gasteiger partial charge is 0.0817 e. The van der Waals surface area contributed by atoms with Crippen molar-refractivity contribution in [3.8, 4) is 0 Å². The number of aliphatic hydroxyl groups is 1. The van der Waals surface area contributed by atoms with Crippen molar-refractivity contribution in [3.63, 3.8) is 0 Å². The van der Waals surface area contributed by atoms with Crippen LogP contribution in [0.1, 0.15) is 17.7 Å². The Hall–Kier alpha value is -0.490. The van der Waals surface area contributed by atoms with Crippen molar-refractivity contribution < 1.29 is 9.84 Å². The Labute approximate surface area is 99.9 Å². The molecular weight excluding hydrogens is 224 g/mol. The molecule has 90 valence electrons. The first-order valence-electron chi connectivity index (χ1n) is 5.54. The lowest BCUT2D eigenvalue weighted by molar-refractivity contribution is -0.0776. The molecule has 1 aliphatic rings. The summed E-state index contributed by atoms with van der Waals surface area (Å²) in [7, 11) is 2.03. The Morgan fingerprint density at radius 3 is 2.94 bits per heavy atom. The third kappa shape index (κ3) is 3.25. The van der Waals surface area contributed by atoms with E-state index in [4.69, 9.17) is 4.74 Å². The topological polar surface area (TPSA) is 45.6 Å². The molecule has 2 heterocycles. The fourth-order valence-corrected chi connectivity index (χ4v) is 2.73. The van der Waals surface area contributed by atoms with Crippen LogP contribution < -0.4 is 0 Å². The van der Waals surface area contributed by atoms with E-state index in [1.54, 1.807) is 11.3 Å². The van der Waals surface area contributed by atoms with Crippen LogP contribution in [0.5, 0.6) is 0 Å². The molecular formula is C11H18N2O2S. The van der Waals surface area contributed by atoms with E-state index in [1.807, 2.05) is 18.8 Å². The molecule has 1 aromatic rings. The minimum absolute atomic E-state index is 0.572. The van der Waals surface area contributed by atoms with Gasteiger partial charge in [0.1, 0.15) is 0 Å². The van der Waals surface area contributed by atoms with E-state index < -0.39 is 5.60 Å². The highest BCUT2D eigenvalue weighted by molar-refractivity contribution is 7.09. The molecule has 0 saturated carbocycles. The van der Waals surface area contributed by atoms with Crippen molar-refractivity contribution in [3.05, 3.63) is 16.6 Å². The lowest BCUT2D eigenvalue weighted by Gasteiger charge is -2.35. The highest BCUT2D eigenvalue weighted by Gasteiger charge is 2.30. The second-order valence-electron chi connectivity index (χ2n) is 4.48. The minimum Gasteiger partial charge on any atom is -0.388 e. The highest BCUT2D eigenvalue weighted by Crippen LogP contribution is 2.22. The van der Waals surface area contributed by atoms with E-state index in [2.05, 4.69) is 9.88 Å². The van der Waals surface area contributed by atoms with E-state index >= 15 is 0 Å². The molecule has 0 unspecified atom stereocenters. The first kappa shape index (κ1) is 12.0. The number of hydrogen-bond donors (Lipinski definition) is 1. The van der Waals surface area contributed by atoms with Gasteiger partial charge >= 0.3 is 0 Å². The molecule has 2 rings (SSSR count). The molecule has 0 atom stereocenters. The standard InChI is InChI=1S/C11H18N2O2S/c1-13(7-10-6-12-9-16-10)8-11(14)2-4-15-5-3-11/h6,9,14H,2-5,7-8H2,1H3. The van der Waals surface area contributed by atoms with Crippen molar-refractivity contribution in [1.29, 1.82) is 0 Å². The number of ether oxygens (including phenoxy) is 1. The second kappa shape index (κ2) is 5.23. The molecule has 0 aromatic carbocycles. The molecule has 5 heteroatoms. The van der Waals surface area contributed by atoms with Crippen LogP contribution in [0.2, 0.25) is 0 Å². The number of nitrogens with zero attached hydrogens (tertiary/aromatic N) is 2. The van der Waals surface area contributed by atoms with Crippen LogP contribution in [-0.4, -0.2) is 47.4 Å². The quantitative estimate of drug-likeness (QED) is 0.859. The van der Waals surface area contributed by atoms with Crippen molar-refractivity contribution >= 4 is 11.3 Å². The zero-order valence-electron chi connectivity index (χ0n) is 9.56. The number of aromatic nitrogens is 1. The van der Waals surface area contributed by atoms with Gasteiger partial charge in [-0.15, -0.1) is 11.3 Å². The van der Waals surface area contributed by atoms with Crippen LogP contribution >= 0.6 is 11.3 Å². The van der Waals surface area contributed by atoms with Crippen molar-refractivity contribution in [2.24, 2.45) is 0 Å². The monoisotopic (exact) mass is 242 g/mol. The maximum atomic E-state index is 10.3. The summed E-state index contributed by atoms with van der Waals surface area (Å²) in [5.74, 6) is 0. The first-order valence-corrected chi connectivity index (χ1v) is 6.42. The molecule has 1 aliphatic heterocycles. The van der Waals surface area contributed by atoms with Crippen LogP contribution in [0, 0.1) is 0 Å². The summed E-state index contributed by atoms with van der Waals surface area (Å²) in [6.45, 7) is 2.90. The van der Waals surface area contributed by atoms with E-state index in [-0.39, 0.29) is 0 Å². The second-order valence-corrected chi connectivity index (χ2v) is 5.45. The van der Waals surface area contributed by atoms with Gasteiger partial charge in [0.05, 0.1) is 11.1 Å². The van der Waals surface area contributed by atoms with Gasteiger partial charge in [0, 0.05) is 50.2 Å². The van der Waals surface area contributed by atoms with Crippen molar-refractivity contribution in [2.45, 2.75) is 25.0 Å². The molecule has 0 radical (unpaired) electrons. The van der Waals surface area contributed by atoms with E-state index in [9.17, 15) is 5.11 Å².